The van der Waals surface area contributed by atoms with Crippen LogP contribution in [0.5, 0.6) is 0 Å². The summed E-state index contributed by atoms with van der Waals surface area (Å²) in [6.45, 7) is 6.63. The number of nitrogens with one attached hydrogen (secondary N) is 1. The van der Waals surface area contributed by atoms with Gasteiger partial charge in [-0.1, -0.05) is 26.0 Å². The van der Waals surface area contributed by atoms with E-state index in [1.165, 1.54) is 18.4 Å². The molecule has 3 heteroatoms. The number of nitrogens with zero attached hydrogens (tertiary/aromatic N) is 1. The molecule has 2 rings (SSSR count). The molecule has 2 nitrogen and oxygen atoms in total. The van der Waals surface area contributed by atoms with Crippen LogP contribution in [0, 0.1) is 5.92 Å². The highest BCUT2D eigenvalue weighted by Crippen LogP contribution is 2.17. The van der Waals surface area contributed by atoms with Crippen LogP contribution in [0.1, 0.15) is 32.3 Å². The molecule has 0 unspecified atom stereocenters. The molecule has 0 amide bonds. The molecule has 0 spiro atoms. The number of benzene rings is 1. The van der Waals surface area contributed by atoms with E-state index in [1.807, 2.05) is 0 Å². The van der Waals surface area contributed by atoms with Crippen molar-refractivity contribution in [3.05, 3.63) is 29.8 Å². The van der Waals surface area contributed by atoms with E-state index in [9.17, 15) is 0 Å². The van der Waals surface area contributed by atoms with E-state index in [0.717, 1.165) is 36.2 Å². The minimum atomic E-state index is 0.751. The molecule has 0 bridgehead atoms. The largest absolute Gasteiger partial charge is 0.349 e. The molecular weight excluding hydrogens is 240 g/mol. The fraction of sp³-hybridized carbons (Fsp3) is 0.533. The van der Waals surface area contributed by atoms with Crippen molar-refractivity contribution in [2.75, 3.05) is 18.4 Å². The van der Waals surface area contributed by atoms with Gasteiger partial charge in [-0.3, -0.25) is 0 Å². The second-order valence-electron chi connectivity index (χ2n) is 5.17. The van der Waals surface area contributed by atoms with Gasteiger partial charge in [0.2, 0.25) is 0 Å². The fourth-order valence-corrected chi connectivity index (χ4v) is 2.68. The van der Waals surface area contributed by atoms with Crippen LogP contribution >= 0.6 is 12.2 Å². The lowest BCUT2D eigenvalue weighted by molar-refractivity contribution is 0.276. The maximum absolute atomic E-state index is 5.48. The molecule has 1 aromatic carbocycles. The Morgan fingerprint density at radius 2 is 2.11 bits per heavy atom. The number of anilines is 1. The average Bonchev–Trinajstić information content (AvgIpc) is 2.39. The summed E-state index contributed by atoms with van der Waals surface area (Å²) in [5, 5.41) is 4.21. The normalized spacial score (nSPS) is 19.7. The number of likely N-dealkylation sites (tertiary alicyclic amines) is 1. The number of thiocarbonyl (C=S) groups is 1. The smallest absolute Gasteiger partial charge is 0.173 e. The minimum absolute atomic E-state index is 0.751. The molecule has 0 saturated carbocycles. The van der Waals surface area contributed by atoms with E-state index in [4.69, 9.17) is 12.2 Å². The second-order valence-corrected chi connectivity index (χ2v) is 5.56. The van der Waals surface area contributed by atoms with E-state index >= 15 is 0 Å². The molecule has 1 aromatic rings. The topological polar surface area (TPSA) is 15.3 Å². The average molecular weight is 262 g/mol. The predicted octanol–water partition coefficient (Wildman–Crippen LogP) is 3.68. The summed E-state index contributed by atoms with van der Waals surface area (Å²) < 4.78 is 0. The lowest BCUT2D eigenvalue weighted by Crippen LogP contribution is -2.41. The van der Waals surface area contributed by atoms with E-state index in [1.54, 1.807) is 0 Å². The summed E-state index contributed by atoms with van der Waals surface area (Å²) in [5.74, 6) is 0.751. The van der Waals surface area contributed by atoms with E-state index in [2.05, 4.69) is 48.3 Å². The van der Waals surface area contributed by atoms with Crippen molar-refractivity contribution < 1.29 is 0 Å². The molecule has 1 heterocycles. The summed E-state index contributed by atoms with van der Waals surface area (Å²) in [6.07, 6.45) is 3.65. The number of hydrogen-bond acceptors (Lipinski definition) is 1. The Bertz CT molecular complexity index is 399. The van der Waals surface area contributed by atoms with Gasteiger partial charge in [0.25, 0.3) is 0 Å². The van der Waals surface area contributed by atoms with Gasteiger partial charge < -0.3 is 10.2 Å². The first-order valence-electron chi connectivity index (χ1n) is 6.84. The Morgan fingerprint density at radius 1 is 1.39 bits per heavy atom. The van der Waals surface area contributed by atoms with Crippen molar-refractivity contribution in [3.63, 3.8) is 0 Å². The lowest BCUT2D eigenvalue weighted by Gasteiger charge is -2.33. The Kier molecular flexibility index (Phi) is 4.59. The first-order valence-corrected chi connectivity index (χ1v) is 7.24. The minimum Gasteiger partial charge on any atom is -0.349 e. The zero-order chi connectivity index (χ0) is 13.0. The number of piperidine rings is 1. The molecule has 1 aliphatic heterocycles. The van der Waals surface area contributed by atoms with E-state index < -0.39 is 0 Å². The molecule has 1 N–H and O–H groups in total. The van der Waals surface area contributed by atoms with Gasteiger partial charge in [-0.15, -0.1) is 0 Å². The highest BCUT2D eigenvalue weighted by Gasteiger charge is 2.18. The molecule has 1 fully saturated rings. The zero-order valence-corrected chi connectivity index (χ0v) is 12.1. The SMILES string of the molecule is CCc1ccc(NC(=S)N2CCC[C@H](C)C2)cc1. The summed E-state index contributed by atoms with van der Waals surface area (Å²) in [6, 6.07) is 8.53. The van der Waals surface area contributed by atoms with Crippen molar-refractivity contribution in [2.24, 2.45) is 5.92 Å². The molecule has 1 atom stereocenters. The van der Waals surface area contributed by atoms with Crippen LogP contribution in [0.3, 0.4) is 0 Å². The molecule has 18 heavy (non-hydrogen) atoms. The third kappa shape index (κ3) is 3.45. The molecule has 0 aliphatic carbocycles. The highest BCUT2D eigenvalue weighted by molar-refractivity contribution is 7.80. The first-order chi connectivity index (χ1) is 8.69. The van der Waals surface area contributed by atoms with Crippen LogP contribution in [0.2, 0.25) is 0 Å². The van der Waals surface area contributed by atoms with Crippen molar-refractivity contribution in [1.82, 2.24) is 4.90 Å². The highest BCUT2D eigenvalue weighted by atomic mass is 32.1. The molecular formula is C15H22N2S. The monoisotopic (exact) mass is 262 g/mol. The maximum Gasteiger partial charge on any atom is 0.173 e. The van der Waals surface area contributed by atoms with Crippen LogP contribution in [0.25, 0.3) is 0 Å². The van der Waals surface area contributed by atoms with Crippen molar-refractivity contribution >= 4 is 23.0 Å². The van der Waals surface area contributed by atoms with Gasteiger partial charge in [0.15, 0.2) is 5.11 Å². The standard InChI is InChI=1S/C15H22N2S/c1-3-13-6-8-14(9-7-13)16-15(18)17-10-4-5-12(2)11-17/h6-9,12H,3-5,10-11H2,1-2H3,(H,16,18)/t12-/m0/s1. The van der Waals surface area contributed by atoms with E-state index in [0.29, 0.717) is 0 Å². The Balaban J connectivity index is 1.93. The van der Waals surface area contributed by atoms with Gasteiger partial charge in [-0.2, -0.15) is 0 Å². The van der Waals surface area contributed by atoms with Crippen LogP contribution in [0.15, 0.2) is 24.3 Å². The van der Waals surface area contributed by atoms with Gasteiger partial charge in [-0.25, -0.2) is 0 Å². The van der Waals surface area contributed by atoms with Gasteiger partial charge in [-0.05, 0) is 55.1 Å². The summed E-state index contributed by atoms with van der Waals surface area (Å²) in [7, 11) is 0. The Morgan fingerprint density at radius 3 is 2.72 bits per heavy atom. The molecule has 1 aliphatic rings. The van der Waals surface area contributed by atoms with Crippen LogP contribution in [0.4, 0.5) is 5.69 Å². The van der Waals surface area contributed by atoms with Gasteiger partial charge >= 0.3 is 0 Å². The van der Waals surface area contributed by atoms with Crippen LogP contribution in [-0.2, 0) is 6.42 Å². The third-order valence-corrected chi connectivity index (χ3v) is 3.92. The maximum atomic E-state index is 5.48. The Labute approximate surface area is 115 Å². The van der Waals surface area contributed by atoms with Crippen LogP contribution in [-0.4, -0.2) is 23.1 Å². The van der Waals surface area contributed by atoms with Crippen molar-refractivity contribution in [1.29, 1.82) is 0 Å². The van der Waals surface area contributed by atoms with Crippen molar-refractivity contribution in [3.8, 4) is 0 Å². The lowest BCUT2D eigenvalue weighted by atomic mass is 10.0. The van der Waals surface area contributed by atoms with Gasteiger partial charge in [0, 0.05) is 18.8 Å². The Hall–Kier alpha value is -1.09. The molecule has 1 saturated heterocycles. The molecule has 98 valence electrons. The number of aryl methyl sites for hydroxylation is 1. The first kappa shape index (κ1) is 13.3. The summed E-state index contributed by atoms with van der Waals surface area (Å²) in [4.78, 5) is 2.29. The summed E-state index contributed by atoms with van der Waals surface area (Å²) in [5.41, 5.74) is 2.45. The summed E-state index contributed by atoms with van der Waals surface area (Å²) >= 11 is 5.48. The molecule has 0 radical (unpaired) electrons. The van der Waals surface area contributed by atoms with E-state index in [-0.39, 0.29) is 0 Å². The van der Waals surface area contributed by atoms with Crippen molar-refractivity contribution in [2.45, 2.75) is 33.1 Å². The third-order valence-electron chi connectivity index (χ3n) is 3.56. The van der Waals surface area contributed by atoms with Gasteiger partial charge in [0.05, 0.1) is 0 Å². The molecule has 0 aromatic heterocycles. The number of rotatable bonds is 2. The zero-order valence-electron chi connectivity index (χ0n) is 11.3. The van der Waals surface area contributed by atoms with Crippen LogP contribution < -0.4 is 5.32 Å². The number of hydrogen-bond donors (Lipinski definition) is 1. The fourth-order valence-electron chi connectivity index (χ4n) is 2.40. The van der Waals surface area contributed by atoms with Gasteiger partial charge in [0.1, 0.15) is 0 Å². The second kappa shape index (κ2) is 6.19. The predicted molar refractivity (Wildman–Crippen MR) is 82.0 cm³/mol. The quantitative estimate of drug-likeness (QED) is 0.819.